The molecule has 1 aliphatic heterocycles. The Morgan fingerprint density at radius 2 is 1.84 bits per heavy atom. The van der Waals surface area contributed by atoms with E-state index in [0.29, 0.717) is 24.7 Å². The Kier molecular flexibility index (Phi) is 6.43. The van der Waals surface area contributed by atoms with E-state index in [1.54, 1.807) is 0 Å². The third-order valence-corrected chi connectivity index (χ3v) is 10.2. The fourth-order valence-corrected chi connectivity index (χ4v) is 7.65. The molecule has 1 aromatic rings. The van der Waals surface area contributed by atoms with Crippen molar-refractivity contribution in [1.82, 2.24) is 10.2 Å². The second-order valence-electron chi connectivity index (χ2n) is 9.43. The molecule has 0 aromatic heterocycles. The fraction of sp³-hybridized carbons (Fsp3) is 0.682. The van der Waals surface area contributed by atoms with Crippen LogP contribution in [0.2, 0.25) is 5.02 Å². The number of amides is 2. The quantitative estimate of drug-likeness (QED) is 0.566. The molecular weight excluding hydrogens is 438 g/mol. The van der Waals surface area contributed by atoms with E-state index in [4.69, 9.17) is 11.6 Å². The Labute approximate surface area is 189 Å². The van der Waals surface area contributed by atoms with Crippen LogP contribution in [0, 0.1) is 11.8 Å². The van der Waals surface area contributed by atoms with E-state index in [9.17, 15) is 18.3 Å². The SMILES string of the molecule is CC1CC[C@@H](NC(=O)Nc2ccc(Cl)c(S(=O)(=O)C3CC(N4CCCC4)C3)c2O)C1C. The summed E-state index contributed by atoms with van der Waals surface area (Å²) >= 11 is 6.21. The number of urea groups is 1. The summed E-state index contributed by atoms with van der Waals surface area (Å²) in [5.41, 5.74) is 0.0505. The summed E-state index contributed by atoms with van der Waals surface area (Å²) in [5, 5.41) is 15.7. The number of aromatic hydroxyl groups is 1. The minimum atomic E-state index is -3.80. The first kappa shape index (κ1) is 22.7. The maximum Gasteiger partial charge on any atom is 0.319 e. The summed E-state index contributed by atoms with van der Waals surface area (Å²) in [6, 6.07) is 2.74. The van der Waals surface area contributed by atoms with Crippen molar-refractivity contribution in [2.75, 3.05) is 18.4 Å². The number of halogens is 1. The molecule has 172 valence electrons. The average Bonchev–Trinajstić information content (AvgIpc) is 3.29. The Hall–Kier alpha value is -1.51. The first-order chi connectivity index (χ1) is 14.7. The Balaban J connectivity index is 1.46. The number of phenols is 1. The highest BCUT2D eigenvalue weighted by atomic mass is 35.5. The standard InChI is InChI=1S/C22H32ClN3O4S/c1-13-5-7-18(14(13)2)24-22(28)25-19-8-6-17(23)21(20(19)27)31(29,30)16-11-15(12-16)26-9-3-4-10-26/h6,8,13-16,18,27H,3-5,7,9-12H2,1-2H3,(H2,24,25,28)/t13?,14?,15?,16?,18-/m1/s1. The Morgan fingerprint density at radius 3 is 2.45 bits per heavy atom. The first-order valence-corrected chi connectivity index (χ1v) is 13.2. The van der Waals surface area contributed by atoms with Gasteiger partial charge in [0.25, 0.3) is 0 Å². The zero-order valence-corrected chi connectivity index (χ0v) is 19.7. The van der Waals surface area contributed by atoms with Gasteiger partial charge in [0.1, 0.15) is 4.90 Å². The van der Waals surface area contributed by atoms with Crippen molar-refractivity contribution < 1.29 is 18.3 Å². The number of hydrogen-bond donors (Lipinski definition) is 3. The highest BCUT2D eigenvalue weighted by molar-refractivity contribution is 7.92. The van der Waals surface area contributed by atoms with E-state index >= 15 is 0 Å². The molecule has 0 spiro atoms. The second kappa shape index (κ2) is 8.79. The van der Waals surface area contributed by atoms with Crippen molar-refractivity contribution >= 4 is 33.2 Å². The number of rotatable bonds is 5. The molecule has 2 aliphatic carbocycles. The van der Waals surface area contributed by atoms with Gasteiger partial charge < -0.3 is 20.6 Å². The van der Waals surface area contributed by atoms with Gasteiger partial charge in [-0.05, 0) is 75.6 Å². The molecule has 2 unspecified atom stereocenters. The molecule has 2 saturated carbocycles. The summed E-state index contributed by atoms with van der Waals surface area (Å²) in [4.78, 5) is 14.6. The number of hydrogen-bond acceptors (Lipinski definition) is 5. The summed E-state index contributed by atoms with van der Waals surface area (Å²) in [7, 11) is -3.80. The number of nitrogens with zero attached hydrogens (tertiary/aromatic N) is 1. The topological polar surface area (TPSA) is 98.7 Å². The van der Waals surface area contributed by atoms with Gasteiger partial charge in [-0.2, -0.15) is 0 Å². The normalized spacial score (nSPS) is 31.4. The number of likely N-dealkylation sites (tertiary alicyclic amines) is 1. The fourth-order valence-electron chi connectivity index (χ4n) is 5.18. The molecule has 3 aliphatic rings. The summed E-state index contributed by atoms with van der Waals surface area (Å²) in [6.45, 7) is 6.33. The maximum atomic E-state index is 13.2. The molecule has 3 N–H and O–H groups in total. The monoisotopic (exact) mass is 469 g/mol. The van der Waals surface area contributed by atoms with Gasteiger partial charge in [0, 0.05) is 12.1 Å². The molecule has 0 radical (unpaired) electrons. The lowest BCUT2D eigenvalue weighted by atomic mass is 9.91. The molecule has 1 aromatic carbocycles. The number of carbonyl (C=O) groups excluding carboxylic acids is 1. The number of phenolic OH excluding ortho intramolecular Hbond substituents is 1. The Bertz CT molecular complexity index is 942. The minimum Gasteiger partial charge on any atom is -0.504 e. The molecule has 0 bridgehead atoms. The maximum absolute atomic E-state index is 13.2. The number of nitrogens with one attached hydrogen (secondary N) is 2. The van der Waals surface area contributed by atoms with Gasteiger partial charge in [-0.25, -0.2) is 13.2 Å². The van der Waals surface area contributed by atoms with Crippen molar-refractivity contribution in [2.45, 2.75) is 74.6 Å². The third-order valence-electron chi connectivity index (χ3n) is 7.56. The van der Waals surface area contributed by atoms with E-state index in [0.717, 1.165) is 38.8 Å². The molecule has 1 saturated heterocycles. The van der Waals surface area contributed by atoms with Crippen molar-refractivity contribution in [3.63, 3.8) is 0 Å². The smallest absolute Gasteiger partial charge is 0.319 e. The van der Waals surface area contributed by atoms with Gasteiger partial charge >= 0.3 is 6.03 Å². The highest BCUT2D eigenvalue weighted by Crippen LogP contribution is 2.43. The molecule has 31 heavy (non-hydrogen) atoms. The van der Waals surface area contributed by atoms with Crippen LogP contribution in [0.25, 0.3) is 0 Å². The van der Waals surface area contributed by atoms with E-state index < -0.39 is 26.9 Å². The van der Waals surface area contributed by atoms with E-state index in [2.05, 4.69) is 29.4 Å². The van der Waals surface area contributed by atoms with Crippen LogP contribution < -0.4 is 10.6 Å². The molecule has 7 nitrogen and oxygen atoms in total. The van der Waals surface area contributed by atoms with Gasteiger partial charge in [-0.1, -0.05) is 25.4 Å². The summed E-state index contributed by atoms with van der Waals surface area (Å²) in [6.07, 6.45) is 5.38. The van der Waals surface area contributed by atoms with Crippen LogP contribution in [0.5, 0.6) is 5.75 Å². The summed E-state index contributed by atoms with van der Waals surface area (Å²) < 4.78 is 26.4. The van der Waals surface area contributed by atoms with Crippen LogP contribution in [0.3, 0.4) is 0 Å². The van der Waals surface area contributed by atoms with Crippen LogP contribution >= 0.6 is 11.6 Å². The number of benzene rings is 1. The van der Waals surface area contributed by atoms with Crippen LogP contribution in [0.15, 0.2) is 17.0 Å². The molecule has 1 heterocycles. The van der Waals surface area contributed by atoms with E-state index in [-0.39, 0.29) is 27.7 Å². The van der Waals surface area contributed by atoms with Gasteiger partial charge in [0.05, 0.1) is 16.0 Å². The number of sulfone groups is 1. The average molecular weight is 470 g/mol. The molecule has 3 atom stereocenters. The molecule has 2 amide bonds. The van der Waals surface area contributed by atoms with Crippen molar-refractivity contribution in [2.24, 2.45) is 11.8 Å². The molecular formula is C22H32ClN3O4S. The predicted octanol–water partition coefficient (Wildman–Crippen LogP) is 4.00. The Morgan fingerprint density at radius 1 is 1.16 bits per heavy atom. The number of carbonyl (C=O) groups is 1. The van der Waals surface area contributed by atoms with E-state index in [1.807, 2.05) is 0 Å². The number of anilines is 1. The molecule has 4 rings (SSSR count). The van der Waals surface area contributed by atoms with Gasteiger partial charge in [0.2, 0.25) is 0 Å². The third kappa shape index (κ3) is 4.39. The minimum absolute atomic E-state index is 0.0219. The van der Waals surface area contributed by atoms with Crippen LogP contribution in [0.1, 0.15) is 52.4 Å². The van der Waals surface area contributed by atoms with Crippen LogP contribution in [-0.4, -0.2) is 54.9 Å². The highest BCUT2D eigenvalue weighted by Gasteiger charge is 2.44. The summed E-state index contributed by atoms with van der Waals surface area (Å²) in [5.74, 6) is 0.417. The zero-order chi connectivity index (χ0) is 22.3. The first-order valence-electron chi connectivity index (χ1n) is 11.3. The predicted molar refractivity (Wildman–Crippen MR) is 121 cm³/mol. The largest absolute Gasteiger partial charge is 0.504 e. The zero-order valence-electron chi connectivity index (χ0n) is 18.1. The lowest BCUT2D eigenvalue weighted by molar-refractivity contribution is 0.161. The van der Waals surface area contributed by atoms with E-state index in [1.165, 1.54) is 12.1 Å². The van der Waals surface area contributed by atoms with Crippen molar-refractivity contribution in [1.29, 1.82) is 0 Å². The van der Waals surface area contributed by atoms with Gasteiger partial charge in [-0.15, -0.1) is 0 Å². The lowest BCUT2D eigenvalue weighted by Crippen LogP contribution is -2.48. The second-order valence-corrected chi connectivity index (χ2v) is 12.0. The van der Waals surface area contributed by atoms with Crippen molar-refractivity contribution in [3.05, 3.63) is 17.2 Å². The van der Waals surface area contributed by atoms with Crippen LogP contribution in [-0.2, 0) is 9.84 Å². The molecule has 9 heteroatoms. The lowest BCUT2D eigenvalue weighted by Gasteiger charge is -2.40. The van der Waals surface area contributed by atoms with Gasteiger partial charge in [-0.3, -0.25) is 0 Å². The van der Waals surface area contributed by atoms with Crippen LogP contribution in [0.4, 0.5) is 10.5 Å². The van der Waals surface area contributed by atoms with Crippen molar-refractivity contribution in [3.8, 4) is 5.75 Å². The van der Waals surface area contributed by atoms with Gasteiger partial charge in [0.15, 0.2) is 15.6 Å². The molecule has 3 fully saturated rings.